The Bertz CT molecular complexity index is 495. The lowest BCUT2D eigenvalue weighted by Gasteiger charge is -2.13. The summed E-state index contributed by atoms with van der Waals surface area (Å²) in [7, 11) is 0. The van der Waals surface area contributed by atoms with E-state index in [1.165, 1.54) is 0 Å². The first-order valence-corrected chi connectivity index (χ1v) is 7.14. The monoisotopic (exact) mass is 363 g/mol. The fourth-order valence-corrected chi connectivity index (χ4v) is 2.26. The van der Waals surface area contributed by atoms with Gasteiger partial charge in [0.2, 0.25) is 0 Å². The minimum absolute atomic E-state index is 0.0189. The third kappa shape index (κ3) is 6.25. The van der Waals surface area contributed by atoms with Crippen molar-refractivity contribution in [1.82, 2.24) is 5.32 Å². The van der Waals surface area contributed by atoms with Gasteiger partial charge in [0, 0.05) is 17.5 Å². The molecule has 0 aromatic heterocycles. The molecule has 0 saturated heterocycles. The van der Waals surface area contributed by atoms with E-state index in [-0.39, 0.29) is 25.0 Å². The Morgan fingerprint density at radius 3 is 2.80 bits per heavy atom. The zero-order chi connectivity index (χ0) is 15.1. The molecule has 7 heteroatoms. The van der Waals surface area contributed by atoms with Crippen molar-refractivity contribution in [3.05, 3.63) is 27.7 Å². The molecule has 1 rings (SSSR count). The van der Waals surface area contributed by atoms with Gasteiger partial charge < -0.3 is 15.2 Å². The maximum absolute atomic E-state index is 11.6. The van der Waals surface area contributed by atoms with Gasteiger partial charge in [0.05, 0.1) is 4.47 Å². The van der Waals surface area contributed by atoms with Crippen LogP contribution in [0.2, 0.25) is 5.02 Å². The Kier molecular flexibility index (Phi) is 6.81. The van der Waals surface area contributed by atoms with Crippen molar-refractivity contribution in [2.24, 2.45) is 0 Å². The molecule has 110 valence electrons. The molecule has 1 unspecified atom stereocenters. The van der Waals surface area contributed by atoms with Crippen molar-refractivity contribution >= 4 is 39.4 Å². The number of nitrogens with one attached hydrogen (secondary N) is 1. The maximum atomic E-state index is 11.6. The summed E-state index contributed by atoms with van der Waals surface area (Å²) >= 11 is 9.08. The number of rotatable bonds is 7. The summed E-state index contributed by atoms with van der Waals surface area (Å²) in [4.78, 5) is 22.0. The molecule has 0 aliphatic rings. The van der Waals surface area contributed by atoms with E-state index in [0.717, 1.165) is 0 Å². The average Bonchev–Trinajstić information content (AvgIpc) is 2.35. The molecular weight excluding hydrogens is 350 g/mol. The van der Waals surface area contributed by atoms with Crippen LogP contribution in [0.3, 0.4) is 0 Å². The quantitative estimate of drug-likeness (QED) is 0.780. The van der Waals surface area contributed by atoms with E-state index in [1.54, 1.807) is 25.1 Å². The maximum Gasteiger partial charge on any atom is 0.303 e. The standard InChI is InChI=1S/C13H15BrClNO4/c1-8(2-5-13(18)19)16-12(17)7-20-11-4-3-9(15)6-10(11)14/h3-4,6,8H,2,5,7H2,1H3,(H,16,17)(H,18,19). The second kappa shape index (κ2) is 8.11. The van der Waals surface area contributed by atoms with Crippen LogP contribution in [0, 0.1) is 0 Å². The molecule has 1 atom stereocenters. The number of carboxylic acid groups (broad SMARTS) is 1. The zero-order valence-electron chi connectivity index (χ0n) is 10.9. The molecule has 20 heavy (non-hydrogen) atoms. The molecular formula is C13H15BrClNO4. The van der Waals surface area contributed by atoms with Gasteiger partial charge in [-0.25, -0.2) is 0 Å². The lowest BCUT2D eigenvalue weighted by molar-refractivity contribution is -0.137. The molecule has 0 aliphatic carbocycles. The van der Waals surface area contributed by atoms with E-state index < -0.39 is 5.97 Å². The highest BCUT2D eigenvalue weighted by Gasteiger charge is 2.10. The minimum Gasteiger partial charge on any atom is -0.483 e. The molecule has 0 spiro atoms. The molecule has 0 heterocycles. The van der Waals surface area contributed by atoms with Crippen LogP contribution < -0.4 is 10.1 Å². The van der Waals surface area contributed by atoms with Crippen LogP contribution >= 0.6 is 27.5 Å². The lowest BCUT2D eigenvalue weighted by Crippen LogP contribution is -2.36. The van der Waals surface area contributed by atoms with E-state index >= 15 is 0 Å². The zero-order valence-corrected chi connectivity index (χ0v) is 13.2. The summed E-state index contributed by atoms with van der Waals surface area (Å²) < 4.78 is 6.01. The summed E-state index contributed by atoms with van der Waals surface area (Å²) in [5.74, 6) is -0.667. The smallest absolute Gasteiger partial charge is 0.303 e. The predicted molar refractivity (Wildman–Crippen MR) is 79.1 cm³/mol. The lowest BCUT2D eigenvalue weighted by atomic mass is 10.2. The summed E-state index contributed by atoms with van der Waals surface area (Å²) in [6.07, 6.45) is 0.400. The van der Waals surface area contributed by atoms with Crippen LogP contribution in [0.25, 0.3) is 0 Å². The summed E-state index contributed by atoms with van der Waals surface area (Å²) in [6, 6.07) is 4.78. The van der Waals surface area contributed by atoms with Gasteiger partial charge in [-0.3, -0.25) is 9.59 Å². The van der Waals surface area contributed by atoms with Gasteiger partial charge in [0.25, 0.3) is 5.91 Å². The number of carbonyl (C=O) groups excluding carboxylic acids is 1. The van der Waals surface area contributed by atoms with E-state index in [4.69, 9.17) is 21.4 Å². The first-order valence-electron chi connectivity index (χ1n) is 5.97. The molecule has 2 N–H and O–H groups in total. The van der Waals surface area contributed by atoms with Gasteiger partial charge in [-0.2, -0.15) is 0 Å². The van der Waals surface area contributed by atoms with Crippen molar-refractivity contribution in [2.45, 2.75) is 25.8 Å². The Labute approximate surface area is 130 Å². The molecule has 0 aliphatic heterocycles. The van der Waals surface area contributed by atoms with Gasteiger partial charge in [0.15, 0.2) is 6.61 Å². The van der Waals surface area contributed by atoms with E-state index in [2.05, 4.69) is 21.2 Å². The molecule has 5 nitrogen and oxygen atoms in total. The van der Waals surface area contributed by atoms with Crippen LogP contribution in [0.1, 0.15) is 19.8 Å². The highest BCUT2D eigenvalue weighted by Crippen LogP contribution is 2.27. The molecule has 0 saturated carbocycles. The molecule has 0 radical (unpaired) electrons. The minimum atomic E-state index is -0.882. The number of hydrogen-bond acceptors (Lipinski definition) is 3. The van der Waals surface area contributed by atoms with Crippen molar-refractivity contribution in [3.63, 3.8) is 0 Å². The van der Waals surface area contributed by atoms with Gasteiger partial charge in [-0.15, -0.1) is 0 Å². The van der Waals surface area contributed by atoms with E-state index in [0.29, 0.717) is 21.7 Å². The van der Waals surface area contributed by atoms with Crippen LogP contribution in [0.5, 0.6) is 5.75 Å². The van der Waals surface area contributed by atoms with E-state index in [1.807, 2.05) is 0 Å². The van der Waals surface area contributed by atoms with Crippen LogP contribution in [-0.2, 0) is 9.59 Å². The number of ether oxygens (including phenoxy) is 1. The summed E-state index contributed by atoms with van der Waals surface area (Å²) in [6.45, 7) is 1.61. The highest BCUT2D eigenvalue weighted by molar-refractivity contribution is 9.10. The number of aliphatic carboxylic acids is 1. The summed E-state index contributed by atoms with van der Waals surface area (Å²) in [5.41, 5.74) is 0. The van der Waals surface area contributed by atoms with Crippen LogP contribution in [0.15, 0.2) is 22.7 Å². The van der Waals surface area contributed by atoms with Crippen molar-refractivity contribution in [1.29, 1.82) is 0 Å². The number of halogens is 2. The second-order valence-electron chi connectivity index (χ2n) is 4.26. The van der Waals surface area contributed by atoms with Crippen molar-refractivity contribution in [2.75, 3.05) is 6.61 Å². The number of carbonyl (C=O) groups is 2. The van der Waals surface area contributed by atoms with E-state index in [9.17, 15) is 9.59 Å². The normalized spacial score (nSPS) is 11.8. The topological polar surface area (TPSA) is 75.6 Å². The Balaban J connectivity index is 2.37. The van der Waals surface area contributed by atoms with Crippen LogP contribution in [-0.4, -0.2) is 29.6 Å². The van der Waals surface area contributed by atoms with Crippen LogP contribution in [0.4, 0.5) is 0 Å². The average molecular weight is 365 g/mol. The van der Waals surface area contributed by atoms with Crippen molar-refractivity contribution < 1.29 is 19.4 Å². The Hall–Kier alpha value is -1.27. The number of benzene rings is 1. The highest BCUT2D eigenvalue weighted by atomic mass is 79.9. The molecule has 0 bridgehead atoms. The predicted octanol–water partition coefficient (Wildman–Crippen LogP) is 2.85. The molecule has 1 aromatic carbocycles. The Morgan fingerprint density at radius 2 is 2.20 bits per heavy atom. The van der Waals surface area contributed by atoms with Crippen molar-refractivity contribution in [3.8, 4) is 5.75 Å². The van der Waals surface area contributed by atoms with Gasteiger partial charge in [0.1, 0.15) is 5.75 Å². The SMILES string of the molecule is CC(CCC(=O)O)NC(=O)COc1ccc(Cl)cc1Br. The molecule has 1 amide bonds. The summed E-state index contributed by atoms with van der Waals surface area (Å²) in [5, 5.41) is 11.8. The van der Waals surface area contributed by atoms with Gasteiger partial charge >= 0.3 is 5.97 Å². The first-order chi connectivity index (χ1) is 9.38. The van der Waals surface area contributed by atoms with Gasteiger partial charge in [-0.05, 0) is 47.5 Å². The molecule has 1 aromatic rings. The fraction of sp³-hybridized carbons (Fsp3) is 0.385. The third-order valence-electron chi connectivity index (χ3n) is 2.45. The first kappa shape index (κ1) is 16.8. The largest absolute Gasteiger partial charge is 0.483 e. The number of carboxylic acids is 1. The Morgan fingerprint density at radius 1 is 1.50 bits per heavy atom. The van der Waals surface area contributed by atoms with Gasteiger partial charge in [-0.1, -0.05) is 11.6 Å². The second-order valence-corrected chi connectivity index (χ2v) is 5.56. The molecule has 0 fully saturated rings. The number of amides is 1. The fourth-order valence-electron chi connectivity index (χ4n) is 1.46. The third-order valence-corrected chi connectivity index (χ3v) is 3.31. The number of hydrogen-bond donors (Lipinski definition) is 2.